The van der Waals surface area contributed by atoms with Crippen LogP contribution >= 0.6 is 24.0 Å². The zero-order valence-corrected chi connectivity index (χ0v) is 20.8. The Morgan fingerprint density at radius 3 is 2.52 bits per heavy atom. The molecule has 8 heteroatoms. The molecular formula is C23H34IN5O2. The molecule has 2 aromatic rings. The van der Waals surface area contributed by atoms with E-state index in [1.54, 1.807) is 7.05 Å². The van der Waals surface area contributed by atoms with Gasteiger partial charge in [0.15, 0.2) is 17.5 Å². The minimum Gasteiger partial charge on any atom is -0.490 e. The van der Waals surface area contributed by atoms with Crippen molar-refractivity contribution in [2.45, 2.75) is 32.7 Å². The van der Waals surface area contributed by atoms with Crippen molar-refractivity contribution in [2.75, 3.05) is 39.8 Å². The molecule has 0 aliphatic carbocycles. The fraction of sp³-hybridized carbons (Fsp3) is 0.478. The van der Waals surface area contributed by atoms with E-state index in [1.807, 2.05) is 49.5 Å². The van der Waals surface area contributed by atoms with Crippen LogP contribution in [0.25, 0.3) is 0 Å². The Morgan fingerprint density at radius 2 is 1.84 bits per heavy atom. The molecule has 0 spiro atoms. The van der Waals surface area contributed by atoms with Gasteiger partial charge in [-0.15, -0.1) is 24.0 Å². The highest BCUT2D eigenvalue weighted by molar-refractivity contribution is 14.0. The van der Waals surface area contributed by atoms with Crippen LogP contribution in [0.2, 0.25) is 0 Å². The second-order valence-electron chi connectivity index (χ2n) is 7.24. The van der Waals surface area contributed by atoms with Crippen molar-refractivity contribution in [2.24, 2.45) is 4.99 Å². The predicted octanol–water partition coefficient (Wildman–Crippen LogP) is 4.04. The Morgan fingerprint density at radius 1 is 1.06 bits per heavy atom. The summed E-state index contributed by atoms with van der Waals surface area (Å²) in [4.78, 5) is 11.2. The molecule has 0 unspecified atom stereocenters. The number of nitrogens with zero attached hydrogens (tertiary/aromatic N) is 3. The summed E-state index contributed by atoms with van der Waals surface area (Å²) in [5.41, 5.74) is 1.06. The fourth-order valence-corrected chi connectivity index (χ4v) is 3.42. The second-order valence-corrected chi connectivity index (χ2v) is 7.24. The first-order chi connectivity index (χ1) is 14.8. The van der Waals surface area contributed by atoms with Gasteiger partial charge in [-0.3, -0.25) is 4.99 Å². The lowest BCUT2D eigenvalue weighted by Gasteiger charge is -2.26. The molecule has 1 saturated heterocycles. The maximum absolute atomic E-state index is 5.88. The number of aromatic nitrogens is 1. The Balaban J connectivity index is 0.00000341. The van der Waals surface area contributed by atoms with Gasteiger partial charge in [0, 0.05) is 38.9 Å². The minimum atomic E-state index is 0. The highest BCUT2D eigenvalue weighted by atomic mass is 127. The normalized spacial score (nSPS) is 14.5. The van der Waals surface area contributed by atoms with Crippen molar-refractivity contribution in [1.82, 2.24) is 20.5 Å². The summed E-state index contributed by atoms with van der Waals surface area (Å²) in [6.45, 7) is 7.55. The number of nitrogens with one attached hydrogen (secondary N) is 2. The first-order valence-electron chi connectivity index (χ1n) is 10.8. The number of hydrogen-bond donors (Lipinski definition) is 2. The average Bonchev–Trinajstić information content (AvgIpc) is 2.79. The number of para-hydroxylation sites is 2. The largest absolute Gasteiger partial charge is 0.490 e. The molecule has 7 nitrogen and oxygen atoms in total. The van der Waals surface area contributed by atoms with Crippen LogP contribution in [-0.4, -0.2) is 55.7 Å². The van der Waals surface area contributed by atoms with Gasteiger partial charge in [-0.2, -0.15) is 0 Å². The highest BCUT2D eigenvalue weighted by Gasteiger charge is 2.10. The third-order valence-corrected chi connectivity index (χ3v) is 5.01. The van der Waals surface area contributed by atoms with E-state index in [0.717, 1.165) is 24.6 Å². The number of likely N-dealkylation sites (tertiary alicyclic amines) is 1. The number of ether oxygens (including phenoxy) is 2. The molecule has 0 amide bonds. The number of pyridine rings is 1. The molecule has 3 rings (SSSR count). The van der Waals surface area contributed by atoms with Crippen LogP contribution in [-0.2, 0) is 6.54 Å². The molecule has 2 N–H and O–H groups in total. The Bertz CT molecular complexity index is 795. The summed E-state index contributed by atoms with van der Waals surface area (Å²) >= 11 is 0. The summed E-state index contributed by atoms with van der Waals surface area (Å²) in [5.74, 6) is 2.72. The Labute approximate surface area is 202 Å². The standard InChI is InChI=1S/C23H33N5O2.HI/c1-3-29-20-9-5-6-10-21(20)30-22-12-11-19(17-26-22)18-27-23(24-2)25-13-16-28-14-7-4-8-15-28;/h5-6,9-12,17H,3-4,7-8,13-16,18H2,1-2H3,(H2,24,25,27);1H. The lowest BCUT2D eigenvalue weighted by Crippen LogP contribution is -2.42. The van der Waals surface area contributed by atoms with E-state index >= 15 is 0 Å². The number of rotatable bonds is 9. The van der Waals surface area contributed by atoms with Crippen molar-refractivity contribution >= 4 is 29.9 Å². The van der Waals surface area contributed by atoms with E-state index in [0.29, 0.717) is 30.5 Å². The summed E-state index contributed by atoms with van der Waals surface area (Å²) in [6, 6.07) is 11.5. The molecule has 0 atom stereocenters. The van der Waals surface area contributed by atoms with Gasteiger partial charge in [0.05, 0.1) is 6.61 Å². The van der Waals surface area contributed by atoms with Crippen molar-refractivity contribution < 1.29 is 9.47 Å². The summed E-state index contributed by atoms with van der Waals surface area (Å²) in [5, 5.41) is 6.73. The molecule has 1 aromatic heterocycles. The van der Waals surface area contributed by atoms with Gasteiger partial charge >= 0.3 is 0 Å². The van der Waals surface area contributed by atoms with Gasteiger partial charge < -0.3 is 25.0 Å². The maximum Gasteiger partial charge on any atom is 0.219 e. The van der Waals surface area contributed by atoms with E-state index in [-0.39, 0.29) is 24.0 Å². The lowest BCUT2D eigenvalue weighted by molar-refractivity contribution is 0.232. The molecule has 1 fully saturated rings. The van der Waals surface area contributed by atoms with E-state index < -0.39 is 0 Å². The average molecular weight is 539 g/mol. The van der Waals surface area contributed by atoms with E-state index in [1.165, 1.54) is 32.4 Å². The zero-order chi connectivity index (χ0) is 21.0. The van der Waals surface area contributed by atoms with Crippen LogP contribution in [0.3, 0.4) is 0 Å². The zero-order valence-electron chi connectivity index (χ0n) is 18.5. The molecule has 0 saturated carbocycles. The van der Waals surface area contributed by atoms with E-state index in [2.05, 4.69) is 25.5 Å². The summed E-state index contributed by atoms with van der Waals surface area (Å²) in [6.07, 6.45) is 5.81. The lowest BCUT2D eigenvalue weighted by atomic mass is 10.1. The van der Waals surface area contributed by atoms with Gasteiger partial charge in [-0.05, 0) is 50.6 Å². The number of benzene rings is 1. The van der Waals surface area contributed by atoms with Crippen molar-refractivity contribution in [3.8, 4) is 17.4 Å². The highest BCUT2D eigenvalue weighted by Crippen LogP contribution is 2.30. The Kier molecular flexibility index (Phi) is 11.4. The molecule has 1 aromatic carbocycles. The van der Waals surface area contributed by atoms with Gasteiger partial charge in [-0.25, -0.2) is 4.98 Å². The number of piperidine rings is 1. The smallest absolute Gasteiger partial charge is 0.219 e. The van der Waals surface area contributed by atoms with Crippen LogP contribution in [0.5, 0.6) is 17.4 Å². The van der Waals surface area contributed by atoms with Crippen molar-refractivity contribution in [3.63, 3.8) is 0 Å². The number of halogens is 1. The maximum atomic E-state index is 5.88. The number of hydrogen-bond acceptors (Lipinski definition) is 5. The monoisotopic (exact) mass is 539 g/mol. The molecule has 0 radical (unpaired) electrons. The van der Waals surface area contributed by atoms with Crippen LogP contribution in [0.1, 0.15) is 31.7 Å². The van der Waals surface area contributed by atoms with Crippen LogP contribution in [0, 0.1) is 0 Å². The SMILES string of the molecule is CCOc1ccccc1Oc1ccc(CNC(=NC)NCCN2CCCCC2)cn1.I. The van der Waals surface area contributed by atoms with E-state index in [9.17, 15) is 0 Å². The molecule has 1 aliphatic heterocycles. The third kappa shape index (κ3) is 8.53. The van der Waals surface area contributed by atoms with Gasteiger partial charge in [0.2, 0.25) is 5.88 Å². The molecular weight excluding hydrogens is 505 g/mol. The number of aliphatic imine (C=N–C) groups is 1. The first kappa shape index (κ1) is 25.2. The van der Waals surface area contributed by atoms with Crippen LogP contribution in [0.15, 0.2) is 47.6 Å². The topological polar surface area (TPSA) is 71.0 Å². The number of guanidine groups is 1. The van der Waals surface area contributed by atoms with E-state index in [4.69, 9.17) is 9.47 Å². The second kappa shape index (κ2) is 14.1. The molecule has 2 heterocycles. The predicted molar refractivity (Wildman–Crippen MR) is 136 cm³/mol. The quantitative estimate of drug-likeness (QED) is 0.285. The van der Waals surface area contributed by atoms with Gasteiger partial charge in [0.1, 0.15) is 0 Å². The van der Waals surface area contributed by atoms with Gasteiger partial charge in [0.25, 0.3) is 0 Å². The summed E-state index contributed by atoms with van der Waals surface area (Å²) < 4.78 is 11.5. The molecule has 1 aliphatic rings. The molecule has 31 heavy (non-hydrogen) atoms. The fourth-order valence-electron chi connectivity index (χ4n) is 3.42. The Hall–Kier alpha value is -2.07. The summed E-state index contributed by atoms with van der Waals surface area (Å²) in [7, 11) is 1.79. The molecule has 170 valence electrons. The van der Waals surface area contributed by atoms with Crippen LogP contribution < -0.4 is 20.1 Å². The molecule has 0 bridgehead atoms. The van der Waals surface area contributed by atoms with Gasteiger partial charge in [-0.1, -0.05) is 24.6 Å². The van der Waals surface area contributed by atoms with Crippen LogP contribution in [0.4, 0.5) is 0 Å². The minimum absolute atomic E-state index is 0. The first-order valence-corrected chi connectivity index (χ1v) is 10.8. The third-order valence-electron chi connectivity index (χ3n) is 5.01. The van der Waals surface area contributed by atoms with Crippen molar-refractivity contribution in [1.29, 1.82) is 0 Å². The van der Waals surface area contributed by atoms with Crippen molar-refractivity contribution in [3.05, 3.63) is 48.2 Å².